The zero-order valence-electron chi connectivity index (χ0n) is 12.0. The van der Waals surface area contributed by atoms with Gasteiger partial charge >= 0.3 is 0 Å². The minimum absolute atomic E-state index is 0.513. The summed E-state index contributed by atoms with van der Waals surface area (Å²) in [6, 6.07) is 9.50. The summed E-state index contributed by atoms with van der Waals surface area (Å²) in [5.74, 6) is 0. The topological polar surface area (TPSA) is 27.8 Å². The van der Waals surface area contributed by atoms with Crippen LogP contribution < -0.4 is 5.32 Å². The van der Waals surface area contributed by atoms with E-state index in [2.05, 4.69) is 48.4 Å². The van der Waals surface area contributed by atoms with Gasteiger partial charge in [-0.3, -0.25) is 0 Å². The van der Waals surface area contributed by atoms with Gasteiger partial charge in [-0.05, 0) is 47.8 Å². The Kier molecular flexibility index (Phi) is 3.36. The van der Waals surface area contributed by atoms with Crippen LogP contribution in [-0.4, -0.2) is 11.0 Å². The summed E-state index contributed by atoms with van der Waals surface area (Å²) in [4.78, 5) is 3.28. The van der Waals surface area contributed by atoms with Gasteiger partial charge in [0.15, 0.2) is 0 Å². The minimum Gasteiger partial charge on any atom is -0.361 e. The van der Waals surface area contributed by atoms with Crippen LogP contribution in [0.25, 0.3) is 10.9 Å². The predicted molar refractivity (Wildman–Crippen MR) is 81.2 cm³/mol. The molecule has 2 N–H and O–H groups in total. The largest absolute Gasteiger partial charge is 0.361 e. The Morgan fingerprint density at radius 3 is 3.05 bits per heavy atom. The first-order valence-electron chi connectivity index (χ1n) is 7.42. The van der Waals surface area contributed by atoms with E-state index in [0.717, 1.165) is 6.54 Å². The van der Waals surface area contributed by atoms with Crippen LogP contribution in [0.1, 0.15) is 45.1 Å². The van der Waals surface area contributed by atoms with Crippen molar-refractivity contribution in [2.45, 2.75) is 52.1 Å². The number of benzene rings is 1. The van der Waals surface area contributed by atoms with E-state index in [1.165, 1.54) is 42.1 Å². The molecule has 0 saturated heterocycles. The molecule has 1 aromatic heterocycles. The fraction of sp³-hybridized carbons (Fsp3) is 0.529. The second kappa shape index (κ2) is 5.01. The monoisotopic (exact) mass is 256 g/mol. The fourth-order valence-electron chi connectivity index (χ4n) is 3.34. The maximum absolute atomic E-state index is 3.74. The molecule has 1 aliphatic carbocycles. The van der Waals surface area contributed by atoms with Gasteiger partial charge in [0.2, 0.25) is 0 Å². The van der Waals surface area contributed by atoms with Crippen molar-refractivity contribution in [2.75, 3.05) is 0 Å². The van der Waals surface area contributed by atoms with Crippen molar-refractivity contribution in [1.29, 1.82) is 0 Å². The second-order valence-electron chi connectivity index (χ2n) is 6.74. The molecule has 0 radical (unpaired) electrons. The Hall–Kier alpha value is -1.28. The van der Waals surface area contributed by atoms with Gasteiger partial charge in [-0.25, -0.2) is 0 Å². The molecule has 1 saturated carbocycles. The first-order valence-corrected chi connectivity index (χ1v) is 7.42. The number of hydrogen-bond acceptors (Lipinski definition) is 1. The maximum Gasteiger partial charge on any atom is 0.0457 e. The third-order valence-corrected chi connectivity index (χ3v) is 4.42. The molecule has 0 aliphatic heterocycles. The summed E-state index contributed by atoms with van der Waals surface area (Å²) in [6.07, 6.45) is 7.37. The highest BCUT2D eigenvalue weighted by molar-refractivity contribution is 5.79. The number of aromatic amines is 1. The highest BCUT2D eigenvalue weighted by Gasteiger charge is 2.27. The van der Waals surface area contributed by atoms with Crippen LogP contribution in [-0.2, 0) is 6.54 Å². The van der Waals surface area contributed by atoms with E-state index in [-0.39, 0.29) is 0 Å². The molecule has 2 heteroatoms. The number of H-pyrrole nitrogens is 1. The van der Waals surface area contributed by atoms with E-state index < -0.39 is 0 Å². The minimum atomic E-state index is 0.513. The molecule has 1 atom stereocenters. The second-order valence-corrected chi connectivity index (χ2v) is 6.74. The molecule has 0 bridgehead atoms. The molecule has 2 nitrogen and oxygen atoms in total. The van der Waals surface area contributed by atoms with E-state index in [9.17, 15) is 0 Å². The molecular weight excluding hydrogens is 232 g/mol. The van der Waals surface area contributed by atoms with Crippen LogP contribution in [0.4, 0.5) is 0 Å². The van der Waals surface area contributed by atoms with Gasteiger partial charge in [0.05, 0.1) is 0 Å². The van der Waals surface area contributed by atoms with Crippen molar-refractivity contribution in [3.8, 4) is 0 Å². The fourth-order valence-corrected chi connectivity index (χ4v) is 3.34. The third kappa shape index (κ3) is 3.01. The number of fused-ring (bicyclic) bond motifs is 1. The zero-order chi connectivity index (χ0) is 13.3. The van der Waals surface area contributed by atoms with Gasteiger partial charge < -0.3 is 10.3 Å². The first-order chi connectivity index (χ1) is 9.12. The summed E-state index contributed by atoms with van der Waals surface area (Å²) in [7, 11) is 0. The molecule has 1 fully saturated rings. The lowest BCUT2D eigenvalue weighted by molar-refractivity contribution is 0.198. The normalized spacial score (nSPS) is 22.7. The average molecular weight is 256 g/mol. The van der Waals surface area contributed by atoms with E-state index >= 15 is 0 Å². The Balaban J connectivity index is 1.62. The highest BCUT2D eigenvalue weighted by atomic mass is 14.9. The summed E-state index contributed by atoms with van der Waals surface area (Å²) >= 11 is 0. The number of aromatic nitrogens is 1. The maximum atomic E-state index is 3.74. The van der Waals surface area contributed by atoms with Crippen LogP contribution in [0.2, 0.25) is 0 Å². The Labute approximate surface area is 115 Å². The molecule has 0 spiro atoms. The lowest BCUT2D eigenvalue weighted by Gasteiger charge is -2.35. The summed E-state index contributed by atoms with van der Waals surface area (Å²) in [5, 5.41) is 5.03. The van der Waals surface area contributed by atoms with Crippen molar-refractivity contribution < 1.29 is 0 Å². The van der Waals surface area contributed by atoms with Gasteiger partial charge in [0.25, 0.3) is 0 Å². The lowest BCUT2D eigenvalue weighted by Crippen LogP contribution is -2.36. The molecule has 1 heterocycles. The van der Waals surface area contributed by atoms with Gasteiger partial charge in [0.1, 0.15) is 0 Å². The number of hydrogen-bond donors (Lipinski definition) is 2. The van der Waals surface area contributed by atoms with E-state index in [1.807, 2.05) is 6.20 Å². The summed E-state index contributed by atoms with van der Waals surface area (Å²) in [5.41, 5.74) is 3.13. The third-order valence-electron chi connectivity index (χ3n) is 4.42. The van der Waals surface area contributed by atoms with Crippen molar-refractivity contribution >= 4 is 10.9 Å². The summed E-state index contributed by atoms with van der Waals surface area (Å²) < 4.78 is 0. The van der Waals surface area contributed by atoms with E-state index in [0.29, 0.717) is 11.5 Å². The Bertz CT molecular complexity index is 553. The molecule has 1 unspecified atom stereocenters. The predicted octanol–water partition coefficient (Wildman–Crippen LogP) is 4.23. The first kappa shape index (κ1) is 12.7. The molecule has 3 rings (SSSR count). The number of rotatable bonds is 3. The zero-order valence-corrected chi connectivity index (χ0v) is 12.0. The van der Waals surface area contributed by atoms with Crippen molar-refractivity contribution in [2.24, 2.45) is 5.41 Å². The number of nitrogens with one attached hydrogen (secondary N) is 2. The molecular formula is C17H24N2. The Morgan fingerprint density at radius 2 is 2.21 bits per heavy atom. The van der Waals surface area contributed by atoms with Gasteiger partial charge in [-0.1, -0.05) is 32.4 Å². The van der Waals surface area contributed by atoms with Gasteiger partial charge in [-0.2, -0.15) is 0 Å². The average Bonchev–Trinajstić information content (AvgIpc) is 2.82. The van der Waals surface area contributed by atoms with Crippen LogP contribution >= 0.6 is 0 Å². The highest BCUT2D eigenvalue weighted by Crippen LogP contribution is 2.35. The smallest absolute Gasteiger partial charge is 0.0457 e. The van der Waals surface area contributed by atoms with Crippen molar-refractivity contribution in [1.82, 2.24) is 10.3 Å². The molecule has 19 heavy (non-hydrogen) atoms. The SMILES string of the molecule is CC1(C)CCCC(NCc2ccc3cc[nH]c3c2)C1. The molecule has 1 aromatic carbocycles. The van der Waals surface area contributed by atoms with Gasteiger partial charge in [0, 0.05) is 24.3 Å². The molecule has 0 amide bonds. The standard InChI is InChI=1S/C17H24N2/c1-17(2)8-3-4-15(11-17)19-12-13-5-6-14-7-9-18-16(14)10-13/h5-7,9-10,15,18-19H,3-4,8,11-12H2,1-2H3. The van der Waals surface area contributed by atoms with Crippen molar-refractivity contribution in [3.05, 3.63) is 36.0 Å². The van der Waals surface area contributed by atoms with Crippen LogP contribution in [0, 0.1) is 5.41 Å². The van der Waals surface area contributed by atoms with E-state index in [4.69, 9.17) is 0 Å². The van der Waals surface area contributed by atoms with Crippen LogP contribution in [0.5, 0.6) is 0 Å². The lowest BCUT2D eigenvalue weighted by atomic mass is 9.75. The van der Waals surface area contributed by atoms with Gasteiger partial charge in [-0.15, -0.1) is 0 Å². The van der Waals surface area contributed by atoms with E-state index in [1.54, 1.807) is 0 Å². The van der Waals surface area contributed by atoms with Crippen molar-refractivity contribution in [3.63, 3.8) is 0 Å². The molecule has 1 aliphatic rings. The quantitative estimate of drug-likeness (QED) is 0.845. The summed E-state index contributed by atoms with van der Waals surface area (Å²) in [6.45, 7) is 5.77. The molecule has 102 valence electrons. The van der Waals surface area contributed by atoms with Crippen LogP contribution in [0.3, 0.4) is 0 Å². The Morgan fingerprint density at radius 1 is 1.32 bits per heavy atom. The van der Waals surface area contributed by atoms with Crippen LogP contribution in [0.15, 0.2) is 30.5 Å². The molecule has 2 aromatic rings.